The van der Waals surface area contributed by atoms with E-state index >= 15 is 0 Å². The highest BCUT2D eigenvalue weighted by molar-refractivity contribution is 6.31. The van der Waals surface area contributed by atoms with Gasteiger partial charge in [0.15, 0.2) is 0 Å². The summed E-state index contributed by atoms with van der Waals surface area (Å²) in [4.78, 5) is 11.6. The molecular weight excluding hydrogens is 286 g/mol. The zero-order chi connectivity index (χ0) is 15.0. The van der Waals surface area contributed by atoms with Crippen molar-refractivity contribution < 1.29 is 9.90 Å². The van der Waals surface area contributed by atoms with Gasteiger partial charge in [-0.1, -0.05) is 48.0 Å². The van der Waals surface area contributed by atoms with Crippen LogP contribution in [0, 0.1) is 0 Å². The number of aromatic nitrogens is 1. The number of carboxylic acid groups (broad SMARTS) is 1. The number of aryl methyl sites for hydroxylation is 1. The zero-order valence-electron chi connectivity index (χ0n) is 11.5. The number of carboxylic acids is 1. The molecule has 1 heterocycles. The monoisotopic (exact) mass is 299 g/mol. The lowest BCUT2D eigenvalue weighted by molar-refractivity contribution is 0.0686. The summed E-state index contributed by atoms with van der Waals surface area (Å²) in [6.45, 7) is 0. The van der Waals surface area contributed by atoms with Gasteiger partial charge in [0, 0.05) is 29.4 Å². The van der Waals surface area contributed by atoms with E-state index in [9.17, 15) is 9.90 Å². The lowest BCUT2D eigenvalue weighted by Gasteiger charge is -2.05. The number of hydrogen-bond acceptors (Lipinski definition) is 1. The average Bonchev–Trinajstić information content (AvgIpc) is 2.75. The molecule has 0 unspecified atom stereocenters. The van der Waals surface area contributed by atoms with Crippen molar-refractivity contribution >= 4 is 28.5 Å². The van der Waals surface area contributed by atoms with Crippen LogP contribution in [0.25, 0.3) is 10.9 Å². The molecule has 0 aliphatic heterocycles. The summed E-state index contributed by atoms with van der Waals surface area (Å²) in [7, 11) is 1.78. The molecule has 0 spiro atoms. The molecule has 1 N–H and O–H groups in total. The number of para-hydroxylation sites is 1. The summed E-state index contributed by atoms with van der Waals surface area (Å²) in [5.41, 5.74) is 2.96. The third-order valence-corrected chi connectivity index (χ3v) is 4.11. The number of rotatable bonds is 3. The predicted molar refractivity (Wildman–Crippen MR) is 84.1 cm³/mol. The number of carbonyl (C=O) groups is 1. The van der Waals surface area contributed by atoms with Gasteiger partial charge < -0.3 is 9.67 Å². The van der Waals surface area contributed by atoms with E-state index in [1.165, 1.54) is 0 Å². The standard InChI is InChI=1S/C17H14ClNO2/c1-19-15-9-5-3-7-12(15)13(16(19)17(20)21)10-11-6-2-4-8-14(11)18/h2-9H,10H2,1H3,(H,20,21). The summed E-state index contributed by atoms with van der Waals surface area (Å²) in [5, 5.41) is 11.2. The van der Waals surface area contributed by atoms with E-state index in [0.29, 0.717) is 17.1 Å². The molecule has 0 saturated heterocycles. The Balaban J connectivity index is 2.24. The van der Waals surface area contributed by atoms with Gasteiger partial charge in [-0.25, -0.2) is 4.79 Å². The summed E-state index contributed by atoms with van der Waals surface area (Å²) < 4.78 is 1.73. The number of hydrogen-bond donors (Lipinski definition) is 1. The summed E-state index contributed by atoms with van der Waals surface area (Å²) in [6, 6.07) is 15.2. The maximum absolute atomic E-state index is 11.6. The molecule has 0 bridgehead atoms. The molecule has 0 saturated carbocycles. The Hall–Kier alpha value is -2.26. The third kappa shape index (κ3) is 2.30. The van der Waals surface area contributed by atoms with Crippen molar-refractivity contribution in [3.63, 3.8) is 0 Å². The van der Waals surface area contributed by atoms with Gasteiger partial charge in [-0.15, -0.1) is 0 Å². The van der Waals surface area contributed by atoms with Crippen molar-refractivity contribution in [3.8, 4) is 0 Å². The molecule has 0 atom stereocenters. The second-order valence-electron chi connectivity index (χ2n) is 4.98. The van der Waals surface area contributed by atoms with Gasteiger partial charge in [0.1, 0.15) is 5.69 Å². The van der Waals surface area contributed by atoms with Gasteiger partial charge in [-0.2, -0.15) is 0 Å². The number of benzene rings is 2. The number of halogens is 1. The van der Waals surface area contributed by atoms with Gasteiger partial charge in [0.2, 0.25) is 0 Å². The van der Waals surface area contributed by atoms with E-state index in [-0.39, 0.29) is 0 Å². The summed E-state index contributed by atoms with van der Waals surface area (Å²) in [6.07, 6.45) is 0.503. The van der Waals surface area contributed by atoms with Gasteiger partial charge in [0.05, 0.1) is 0 Å². The topological polar surface area (TPSA) is 42.2 Å². The molecule has 2 aromatic carbocycles. The lowest BCUT2D eigenvalue weighted by Crippen LogP contribution is -2.07. The Kier molecular flexibility index (Phi) is 3.43. The molecule has 0 fully saturated rings. The highest BCUT2D eigenvalue weighted by Gasteiger charge is 2.20. The molecule has 0 aliphatic carbocycles. The molecule has 0 amide bonds. The molecule has 1 aromatic heterocycles. The maximum atomic E-state index is 11.6. The summed E-state index contributed by atoms with van der Waals surface area (Å²) in [5.74, 6) is -0.921. The number of aromatic carboxylic acids is 1. The van der Waals surface area contributed by atoms with Crippen LogP contribution in [0.4, 0.5) is 0 Å². The fraction of sp³-hybridized carbons (Fsp3) is 0.118. The zero-order valence-corrected chi connectivity index (χ0v) is 12.3. The predicted octanol–water partition coefficient (Wildman–Crippen LogP) is 4.12. The van der Waals surface area contributed by atoms with Crippen molar-refractivity contribution in [2.24, 2.45) is 7.05 Å². The molecule has 3 nitrogen and oxygen atoms in total. The van der Waals surface area contributed by atoms with E-state index in [4.69, 9.17) is 11.6 Å². The Morgan fingerprint density at radius 3 is 2.52 bits per heavy atom. The van der Waals surface area contributed by atoms with Crippen LogP contribution in [-0.2, 0) is 13.5 Å². The molecular formula is C17H14ClNO2. The van der Waals surface area contributed by atoms with Gasteiger partial charge in [-0.3, -0.25) is 0 Å². The number of nitrogens with zero attached hydrogens (tertiary/aromatic N) is 1. The van der Waals surface area contributed by atoms with E-state index in [1.807, 2.05) is 48.5 Å². The van der Waals surface area contributed by atoms with Gasteiger partial charge in [-0.05, 0) is 23.3 Å². The normalized spacial score (nSPS) is 11.0. The SMILES string of the molecule is Cn1c(C(=O)O)c(Cc2ccccc2Cl)c2ccccc21. The Morgan fingerprint density at radius 2 is 1.81 bits per heavy atom. The molecule has 106 valence electrons. The van der Waals surface area contributed by atoms with Crippen LogP contribution < -0.4 is 0 Å². The largest absolute Gasteiger partial charge is 0.477 e. The molecule has 0 radical (unpaired) electrons. The number of fused-ring (bicyclic) bond motifs is 1. The second-order valence-corrected chi connectivity index (χ2v) is 5.38. The minimum absolute atomic E-state index is 0.316. The Morgan fingerprint density at radius 1 is 1.14 bits per heavy atom. The van der Waals surface area contributed by atoms with Crippen LogP contribution in [-0.4, -0.2) is 15.6 Å². The van der Waals surface area contributed by atoms with Crippen molar-refractivity contribution in [1.29, 1.82) is 0 Å². The highest BCUT2D eigenvalue weighted by Crippen LogP contribution is 2.29. The minimum atomic E-state index is -0.921. The molecule has 3 aromatic rings. The average molecular weight is 300 g/mol. The van der Waals surface area contributed by atoms with E-state index in [0.717, 1.165) is 22.0 Å². The first kappa shape index (κ1) is 13.7. The Labute approximate surface area is 127 Å². The van der Waals surface area contributed by atoms with Crippen LogP contribution in [0.5, 0.6) is 0 Å². The van der Waals surface area contributed by atoms with Crippen molar-refractivity contribution in [2.45, 2.75) is 6.42 Å². The van der Waals surface area contributed by atoms with Crippen LogP contribution in [0.3, 0.4) is 0 Å². The van der Waals surface area contributed by atoms with Crippen molar-refractivity contribution in [2.75, 3.05) is 0 Å². The maximum Gasteiger partial charge on any atom is 0.352 e. The van der Waals surface area contributed by atoms with Crippen molar-refractivity contribution in [3.05, 3.63) is 70.4 Å². The van der Waals surface area contributed by atoms with E-state index < -0.39 is 5.97 Å². The van der Waals surface area contributed by atoms with Crippen LogP contribution in [0.1, 0.15) is 21.6 Å². The van der Waals surface area contributed by atoms with Gasteiger partial charge in [0.25, 0.3) is 0 Å². The third-order valence-electron chi connectivity index (χ3n) is 3.74. The first-order valence-corrected chi connectivity index (χ1v) is 7.00. The first-order chi connectivity index (χ1) is 10.1. The summed E-state index contributed by atoms with van der Waals surface area (Å²) >= 11 is 6.21. The van der Waals surface area contributed by atoms with Crippen LogP contribution in [0.2, 0.25) is 5.02 Å². The smallest absolute Gasteiger partial charge is 0.352 e. The molecule has 0 aliphatic rings. The molecule has 21 heavy (non-hydrogen) atoms. The quantitative estimate of drug-likeness (QED) is 0.790. The van der Waals surface area contributed by atoms with Crippen LogP contribution in [0.15, 0.2) is 48.5 Å². The minimum Gasteiger partial charge on any atom is -0.477 e. The molecule has 3 rings (SSSR count). The molecule has 4 heteroatoms. The second kappa shape index (κ2) is 5.26. The fourth-order valence-electron chi connectivity index (χ4n) is 2.76. The van der Waals surface area contributed by atoms with Crippen molar-refractivity contribution in [1.82, 2.24) is 4.57 Å². The highest BCUT2D eigenvalue weighted by atomic mass is 35.5. The van der Waals surface area contributed by atoms with E-state index in [2.05, 4.69) is 0 Å². The van der Waals surface area contributed by atoms with Gasteiger partial charge >= 0.3 is 5.97 Å². The van der Waals surface area contributed by atoms with Crippen LogP contribution >= 0.6 is 11.6 Å². The first-order valence-electron chi connectivity index (χ1n) is 6.62. The fourth-order valence-corrected chi connectivity index (χ4v) is 2.96. The Bertz CT molecular complexity index is 836. The lowest BCUT2D eigenvalue weighted by atomic mass is 10.0. The van der Waals surface area contributed by atoms with E-state index in [1.54, 1.807) is 11.6 Å².